The Kier molecular flexibility index (Phi) is 4.73. The molecule has 1 rings (SSSR count). The minimum atomic E-state index is -0.240. The quantitative estimate of drug-likeness (QED) is 0.568. The van der Waals surface area contributed by atoms with E-state index in [0.717, 1.165) is 5.56 Å². The molecule has 0 heterocycles. The van der Waals surface area contributed by atoms with Crippen molar-refractivity contribution in [3.8, 4) is 11.8 Å². The number of ether oxygens (including phenoxy) is 1. The van der Waals surface area contributed by atoms with Crippen molar-refractivity contribution in [2.45, 2.75) is 13.3 Å². The number of hydrogen-bond donors (Lipinski definition) is 0. The Morgan fingerprint density at radius 1 is 1.53 bits per heavy atom. The Bertz CT molecular complexity index is 402. The van der Waals surface area contributed by atoms with Crippen LogP contribution >= 0.6 is 11.6 Å². The molecule has 0 amide bonds. The molecule has 2 nitrogen and oxygen atoms in total. The first-order valence-electron chi connectivity index (χ1n) is 4.62. The van der Waals surface area contributed by atoms with E-state index in [1.807, 2.05) is 12.1 Å². The molecular weight excluding hydrogens is 212 g/mol. The smallest absolute Gasteiger partial charge is 0.306 e. The van der Waals surface area contributed by atoms with Gasteiger partial charge in [-0.15, -0.1) is 0 Å². The van der Waals surface area contributed by atoms with Crippen molar-refractivity contribution in [3.63, 3.8) is 0 Å². The van der Waals surface area contributed by atoms with E-state index in [1.54, 1.807) is 19.1 Å². The highest BCUT2D eigenvalue weighted by Crippen LogP contribution is 2.09. The zero-order valence-corrected chi connectivity index (χ0v) is 9.17. The van der Waals surface area contributed by atoms with Crippen LogP contribution in [-0.4, -0.2) is 12.6 Å². The number of benzene rings is 1. The van der Waals surface area contributed by atoms with Crippen LogP contribution in [0.25, 0.3) is 0 Å². The van der Waals surface area contributed by atoms with E-state index in [0.29, 0.717) is 11.4 Å². The highest BCUT2D eigenvalue weighted by molar-refractivity contribution is 6.30. The minimum Gasteiger partial charge on any atom is -0.452 e. The van der Waals surface area contributed by atoms with Gasteiger partial charge in [-0.2, -0.15) is 0 Å². The van der Waals surface area contributed by atoms with E-state index in [4.69, 9.17) is 16.3 Å². The topological polar surface area (TPSA) is 26.3 Å². The second kappa shape index (κ2) is 6.10. The predicted molar refractivity (Wildman–Crippen MR) is 59.6 cm³/mol. The molecule has 1 aromatic carbocycles. The molecule has 0 bridgehead atoms. The summed E-state index contributed by atoms with van der Waals surface area (Å²) in [4.78, 5) is 10.8. The Balaban J connectivity index is 2.48. The van der Waals surface area contributed by atoms with Crippen molar-refractivity contribution in [2.75, 3.05) is 6.61 Å². The van der Waals surface area contributed by atoms with E-state index in [9.17, 15) is 4.79 Å². The fourth-order valence-corrected chi connectivity index (χ4v) is 1.11. The fourth-order valence-electron chi connectivity index (χ4n) is 0.923. The summed E-state index contributed by atoms with van der Waals surface area (Å²) in [5.41, 5.74) is 0.815. The van der Waals surface area contributed by atoms with Gasteiger partial charge in [-0.3, -0.25) is 4.79 Å². The first kappa shape index (κ1) is 11.6. The lowest BCUT2D eigenvalue weighted by molar-refractivity contribution is -0.141. The Labute approximate surface area is 94.2 Å². The van der Waals surface area contributed by atoms with E-state index >= 15 is 0 Å². The summed E-state index contributed by atoms with van der Waals surface area (Å²) >= 11 is 5.78. The van der Waals surface area contributed by atoms with Gasteiger partial charge in [0.15, 0.2) is 6.61 Å². The SMILES string of the molecule is CCC(=O)OCC#Cc1cccc(Cl)c1. The molecule has 0 unspecified atom stereocenters. The maximum absolute atomic E-state index is 10.8. The van der Waals surface area contributed by atoms with Gasteiger partial charge in [0.1, 0.15) is 0 Å². The van der Waals surface area contributed by atoms with Crippen LogP contribution in [0.4, 0.5) is 0 Å². The Morgan fingerprint density at radius 3 is 3.00 bits per heavy atom. The van der Waals surface area contributed by atoms with E-state index < -0.39 is 0 Å². The molecule has 0 aliphatic carbocycles. The van der Waals surface area contributed by atoms with Gasteiger partial charge < -0.3 is 4.74 Å². The van der Waals surface area contributed by atoms with Gasteiger partial charge >= 0.3 is 5.97 Å². The van der Waals surface area contributed by atoms with Crippen LogP contribution in [0.5, 0.6) is 0 Å². The summed E-state index contributed by atoms with van der Waals surface area (Å²) < 4.78 is 4.80. The van der Waals surface area contributed by atoms with E-state index in [2.05, 4.69) is 11.8 Å². The molecule has 0 saturated heterocycles. The molecule has 0 N–H and O–H groups in total. The summed E-state index contributed by atoms with van der Waals surface area (Å²) in [7, 11) is 0. The van der Waals surface area contributed by atoms with Crippen LogP contribution in [0, 0.1) is 11.8 Å². The van der Waals surface area contributed by atoms with Crippen molar-refractivity contribution in [1.29, 1.82) is 0 Å². The third kappa shape index (κ3) is 4.53. The highest BCUT2D eigenvalue weighted by Gasteiger charge is 1.93. The zero-order chi connectivity index (χ0) is 11.1. The summed E-state index contributed by atoms with van der Waals surface area (Å²) in [6.07, 6.45) is 0.374. The number of esters is 1. The van der Waals surface area contributed by atoms with Crippen LogP contribution in [0.1, 0.15) is 18.9 Å². The number of carbonyl (C=O) groups excluding carboxylic acids is 1. The predicted octanol–water partition coefficient (Wildman–Crippen LogP) is 2.64. The average molecular weight is 223 g/mol. The molecule has 3 heteroatoms. The van der Waals surface area contributed by atoms with Crippen LogP contribution in [0.2, 0.25) is 5.02 Å². The lowest BCUT2D eigenvalue weighted by Crippen LogP contribution is -2.01. The van der Waals surface area contributed by atoms with Gasteiger partial charge in [0, 0.05) is 17.0 Å². The molecule has 0 saturated carbocycles. The first-order chi connectivity index (χ1) is 7.22. The van der Waals surface area contributed by atoms with E-state index in [1.165, 1.54) is 0 Å². The van der Waals surface area contributed by atoms with Crippen molar-refractivity contribution in [2.24, 2.45) is 0 Å². The summed E-state index contributed by atoms with van der Waals surface area (Å²) in [6, 6.07) is 7.21. The lowest BCUT2D eigenvalue weighted by atomic mass is 10.2. The second-order valence-corrected chi connectivity index (χ2v) is 3.26. The third-order valence-electron chi connectivity index (χ3n) is 1.65. The number of carbonyl (C=O) groups is 1. The number of rotatable bonds is 2. The maximum atomic E-state index is 10.8. The van der Waals surface area contributed by atoms with Gasteiger partial charge in [-0.1, -0.05) is 36.4 Å². The van der Waals surface area contributed by atoms with E-state index in [-0.39, 0.29) is 12.6 Å². The number of hydrogen-bond acceptors (Lipinski definition) is 2. The summed E-state index contributed by atoms with van der Waals surface area (Å²) in [5, 5.41) is 0.646. The molecule has 0 radical (unpaired) electrons. The van der Waals surface area contributed by atoms with Crippen molar-refractivity contribution in [3.05, 3.63) is 34.9 Å². The van der Waals surface area contributed by atoms with Gasteiger partial charge in [0.2, 0.25) is 0 Å². The highest BCUT2D eigenvalue weighted by atomic mass is 35.5. The molecule has 15 heavy (non-hydrogen) atoms. The largest absolute Gasteiger partial charge is 0.452 e. The third-order valence-corrected chi connectivity index (χ3v) is 1.89. The molecule has 0 spiro atoms. The molecule has 1 aromatic rings. The molecule has 0 atom stereocenters. The van der Waals surface area contributed by atoms with Gasteiger partial charge in [0.05, 0.1) is 0 Å². The molecule has 0 aliphatic rings. The summed E-state index contributed by atoms with van der Waals surface area (Å²) in [5.74, 6) is 5.36. The van der Waals surface area contributed by atoms with Crippen molar-refractivity contribution < 1.29 is 9.53 Å². The maximum Gasteiger partial charge on any atom is 0.306 e. The molecule has 0 fully saturated rings. The monoisotopic (exact) mass is 222 g/mol. The van der Waals surface area contributed by atoms with Crippen molar-refractivity contribution >= 4 is 17.6 Å². The standard InChI is InChI=1S/C12H11ClO2/c1-2-12(14)15-8-4-6-10-5-3-7-11(13)9-10/h3,5,7,9H,2,8H2,1H3. The minimum absolute atomic E-state index is 0.124. The average Bonchev–Trinajstić information content (AvgIpc) is 2.24. The Hall–Kier alpha value is -1.46. The fraction of sp³-hybridized carbons (Fsp3) is 0.250. The van der Waals surface area contributed by atoms with Gasteiger partial charge in [-0.25, -0.2) is 0 Å². The van der Waals surface area contributed by atoms with Crippen LogP contribution < -0.4 is 0 Å². The Morgan fingerprint density at radius 2 is 2.33 bits per heavy atom. The first-order valence-corrected chi connectivity index (χ1v) is 5.00. The molecule has 78 valence electrons. The molecule has 0 aliphatic heterocycles. The molecule has 0 aromatic heterocycles. The zero-order valence-electron chi connectivity index (χ0n) is 8.42. The molecular formula is C12H11ClO2. The van der Waals surface area contributed by atoms with Gasteiger partial charge in [-0.05, 0) is 18.2 Å². The van der Waals surface area contributed by atoms with Crippen molar-refractivity contribution in [1.82, 2.24) is 0 Å². The van der Waals surface area contributed by atoms with Gasteiger partial charge in [0.25, 0.3) is 0 Å². The van der Waals surface area contributed by atoms with Crippen LogP contribution in [-0.2, 0) is 9.53 Å². The lowest BCUT2D eigenvalue weighted by Gasteiger charge is -1.95. The van der Waals surface area contributed by atoms with Crippen LogP contribution in [0.3, 0.4) is 0 Å². The normalized spacial score (nSPS) is 8.93. The summed E-state index contributed by atoms with van der Waals surface area (Å²) in [6.45, 7) is 1.87. The number of halogens is 1. The van der Waals surface area contributed by atoms with Crippen LogP contribution in [0.15, 0.2) is 24.3 Å². The second-order valence-electron chi connectivity index (χ2n) is 2.83.